The van der Waals surface area contributed by atoms with Gasteiger partial charge in [0.1, 0.15) is 5.60 Å². The minimum Gasteiger partial charge on any atom is -0.455 e. The van der Waals surface area contributed by atoms with Crippen LogP contribution < -0.4 is 0 Å². The Hall–Kier alpha value is -1.22. The largest absolute Gasteiger partial charge is 0.455 e. The molecule has 1 aliphatic rings. The molecule has 0 N–H and O–H groups in total. The third-order valence-electron chi connectivity index (χ3n) is 3.78. The van der Waals surface area contributed by atoms with E-state index in [-0.39, 0.29) is 11.6 Å². The van der Waals surface area contributed by atoms with Crippen LogP contribution in [0, 0.1) is 0 Å². The molecule has 1 aromatic rings. The highest BCUT2D eigenvalue weighted by Crippen LogP contribution is 2.37. The van der Waals surface area contributed by atoms with Crippen LogP contribution in [0.5, 0.6) is 0 Å². The molecule has 0 atom stereocenters. The molecule has 0 unspecified atom stereocenters. The summed E-state index contributed by atoms with van der Waals surface area (Å²) in [6, 6.07) is 8.38. The summed E-state index contributed by atoms with van der Waals surface area (Å²) in [4.78, 5) is 12.0. The van der Waals surface area contributed by atoms with E-state index in [0.717, 1.165) is 31.4 Å². The number of esters is 1. The second-order valence-electron chi connectivity index (χ2n) is 5.57. The molecular formula is C17H22O2S. The zero-order valence-corrected chi connectivity index (χ0v) is 13.1. The van der Waals surface area contributed by atoms with Gasteiger partial charge in [0.05, 0.1) is 0 Å². The molecule has 0 saturated carbocycles. The quantitative estimate of drug-likeness (QED) is 0.453. The lowest BCUT2D eigenvalue weighted by molar-refractivity contribution is -0.154. The topological polar surface area (TPSA) is 26.3 Å². The van der Waals surface area contributed by atoms with E-state index in [1.807, 2.05) is 11.8 Å². The van der Waals surface area contributed by atoms with Gasteiger partial charge in [-0.1, -0.05) is 30.8 Å². The van der Waals surface area contributed by atoms with Crippen molar-refractivity contribution in [1.29, 1.82) is 0 Å². The maximum atomic E-state index is 12.0. The summed E-state index contributed by atoms with van der Waals surface area (Å²) < 4.78 is 5.84. The van der Waals surface area contributed by atoms with Gasteiger partial charge in [-0.3, -0.25) is 0 Å². The molecule has 0 saturated heterocycles. The van der Waals surface area contributed by atoms with E-state index >= 15 is 0 Å². The van der Waals surface area contributed by atoms with Gasteiger partial charge in [0.25, 0.3) is 0 Å². The Morgan fingerprint density at radius 1 is 1.35 bits per heavy atom. The molecule has 108 valence electrons. The first kappa shape index (κ1) is 15.2. The average Bonchev–Trinajstić information content (AvgIpc) is 2.77. The highest BCUT2D eigenvalue weighted by Gasteiger charge is 2.40. The number of ether oxygens (including phenoxy) is 1. The average molecular weight is 290 g/mol. The zero-order valence-electron chi connectivity index (χ0n) is 12.3. The number of hydrogen-bond donors (Lipinski definition) is 0. The van der Waals surface area contributed by atoms with Crippen molar-refractivity contribution in [2.75, 3.05) is 12.0 Å². The molecule has 0 heterocycles. The van der Waals surface area contributed by atoms with E-state index in [2.05, 4.69) is 37.1 Å². The fraction of sp³-hybridized carbons (Fsp3) is 0.471. The second-order valence-corrected chi connectivity index (χ2v) is 6.56. The predicted molar refractivity (Wildman–Crippen MR) is 85.1 cm³/mol. The Morgan fingerprint density at radius 2 is 1.95 bits per heavy atom. The van der Waals surface area contributed by atoms with Gasteiger partial charge in [0.15, 0.2) is 0 Å². The van der Waals surface area contributed by atoms with Crippen LogP contribution in [0.3, 0.4) is 0 Å². The Bertz CT molecular complexity index is 482. The smallest absolute Gasteiger partial charge is 0.333 e. The summed E-state index contributed by atoms with van der Waals surface area (Å²) in [5.74, 6) is 0.838. The first-order chi connectivity index (χ1) is 9.56. The van der Waals surface area contributed by atoms with Gasteiger partial charge in [0.2, 0.25) is 0 Å². The normalized spacial score (nSPS) is 15.7. The van der Waals surface area contributed by atoms with E-state index in [0.29, 0.717) is 5.57 Å². The van der Waals surface area contributed by atoms with Gasteiger partial charge >= 0.3 is 5.97 Å². The molecule has 0 radical (unpaired) electrons. The maximum absolute atomic E-state index is 12.0. The third kappa shape index (κ3) is 3.45. The molecule has 20 heavy (non-hydrogen) atoms. The van der Waals surface area contributed by atoms with Crippen LogP contribution in [0.4, 0.5) is 0 Å². The number of fused-ring (bicyclic) bond motifs is 1. The molecule has 1 aliphatic carbocycles. The van der Waals surface area contributed by atoms with Crippen molar-refractivity contribution in [1.82, 2.24) is 0 Å². The Kier molecular flexibility index (Phi) is 4.92. The molecule has 0 spiro atoms. The van der Waals surface area contributed by atoms with Crippen molar-refractivity contribution in [3.63, 3.8) is 0 Å². The number of carbonyl (C=O) groups excluding carboxylic acids is 1. The molecule has 1 aromatic carbocycles. The van der Waals surface area contributed by atoms with Crippen LogP contribution in [0.1, 0.15) is 30.9 Å². The Labute approximate surface area is 125 Å². The summed E-state index contributed by atoms with van der Waals surface area (Å²) in [5, 5.41) is 0. The van der Waals surface area contributed by atoms with Crippen molar-refractivity contribution >= 4 is 17.7 Å². The lowest BCUT2D eigenvalue weighted by Gasteiger charge is -2.29. The number of rotatable bonds is 6. The molecular weight excluding hydrogens is 268 g/mol. The monoisotopic (exact) mass is 290 g/mol. The minimum atomic E-state index is -0.366. The molecule has 0 amide bonds. The SMILES string of the molecule is C=C(C)C(=O)OC1(CCCSC)Cc2ccccc2C1. The van der Waals surface area contributed by atoms with Crippen molar-refractivity contribution in [2.45, 2.75) is 38.2 Å². The van der Waals surface area contributed by atoms with E-state index < -0.39 is 0 Å². The highest BCUT2D eigenvalue weighted by atomic mass is 32.2. The lowest BCUT2D eigenvalue weighted by atomic mass is 9.94. The molecule has 2 nitrogen and oxygen atoms in total. The summed E-state index contributed by atoms with van der Waals surface area (Å²) in [6.07, 6.45) is 5.75. The number of hydrogen-bond acceptors (Lipinski definition) is 3. The standard InChI is InChI=1S/C17H22O2S/c1-13(2)16(18)19-17(9-6-10-20-3)11-14-7-4-5-8-15(14)12-17/h4-5,7-8H,1,6,9-12H2,2-3H3. The second kappa shape index (κ2) is 6.49. The Morgan fingerprint density at radius 3 is 2.45 bits per heavy atom. The van der Waals surface area contributed by atoms with Crippen molar-refractivity contribution in [3.8, 4) is 0 Å². The van der Waals surface area contributed by atoms with Crippen LogP contribution in [-0.2, 0) is 22.4 Å². The number of benzene rings is 1. The minimum absolute atomic E-state index is 0.262. The lowest BCUT2D eigenvalue weighted by Crippen LogP contribution is -2.36. The summed E-state index contributed by atoms with van der Waals surface area (Å²) >= 11 is 1.83. The number of thioether (sulfide) groups is 1. The van der Waals surface area contributed by atoms with Gasteiger partial charge in [0, 0.05) is 18.4 Å². The van der Waals surface area contributed by atoms with Gasteiger partial charge in [-0.05, 0) is 42.9 Å². The highest BCUT2D eigenvalue weighted by molar-refractivity contribution is 7.98. The van der Waals surface area contributed by atoms with Crippen LogP contribution in [0.15, 0.2) is 36.4 Å². The van der Waals surface area contributed by atoms with E-state index in [9.17, 15) is 4.79 Å². The first-order valence-electron chi connectivity index (χ1n) is 7.01. The number of carbonyl (C=O) groups is 1. The Balaban J connectivity index is 2.15. The van der Waals surface area contributed by atoms with E-state index in [4.69, 9.17) is 4.74 Å². The fourth-order valence-corrected chi connectivity index (χ4v) is 3.21. The molecule has 0 aromatic heterocycles. The van der Waals surface area contributed by atoms with Gasteiger partial charge in [-0.2, -0.15) is 11.8 Å². The molecule has 0 fully saturated rings. The van der Waals surface area contributed by atoms with Crippen molar-refractivity contribution in [2.24, 2.45) is 0 Å². The van der Waals surface area contributed by atoms with Gasteiger partial charge in [-0.15, -0.1) is 0 Å². The summed E-state index contributed by atoms with van der Waals surface area (Å²) in [7, 11) is 0. The van der Waals surface area contributed by atoms with Crippen molar-refractivity contribution < 1.29 is 9.53 Å². The summed E-state index contributed by atoms with van der Waals surface area (Å²) in [5.41, 5.74) is 2.73. The van der Waals surface area contributed by atoms with Gasteiger partial charge in [-0.25, -0.2) is 4.79 Å². The third-order valence-corrected chi connectivity index (χ3v) is 4.48. The van der Waals surface area contributed by atoms with Crippen molar-refractivity contribution in [3.05, 3.63) is 47.5 Å². The van der Waals surface area contributed by atoms with E-state index in [1.54, 1.807) is 6.92 Å². The fourth-order valence-electron chi connectivity index (χ4n) is 2.78. The molecule has 0 aliphatic heterocycles. The van der Waals surface area contributed by atoms with E-state index in [1.165, 1.54) is 11.1 Å². The van der Waals surface area contributed by atoms with Crippen LogP contribution in [0.25, 0.3) is 0 Å². The first-order valence-corrected chi connectivity index (χ1v) is 8.40. The molecule has 3 heteroatoms. The van der Waals surface area contributed by atoms with Crippen LogP contribution in [0.2, 0.25) is 0 Å². The zero-order chi connectivity index (χ0) is 14.6. The molecule has 0 bridgehead atoms. The van der Waals surface area contributed by atoms with Crippen LogP contribution >= 0.6 is 11.8 Å². The van der Waals surface area contributed by atoms with Crippen LogP contribution in [-0.4, -0.2) is 23.6 Å². The summed E-state index contributed by atoms with van der Waals surface area (Å²) in [6.45, 7) is 5.40. The van der Waals surface area contributed by atoms with Gasteiger partial charge < -0.3 is 4.74 Å². The maximum Gasteiger partial charge on any atom is 0.333 e. The predicted octanol–water partition coefficient (Wildman–Crippen LogP) is 3.79. The molecule has 2 rings (SSSR count).